The lowest BCUT2D eigenvalue weighted by Gasteiger charge is -2.07. The summed E-state index contributed by atoms with van der Waals surface area (Å²) in [6.07, 6.45) is 5.86. The summed E-state index contributed by atoms with van der Waals surface area (Å²) < 4.78 is 0. The monoisotopic (exact) mass is 213 g/mol. The van der Waals surface area contributed by atoms with Crippen molar-refractivity contribution in [2.45, 2.75) is 20.8 Å². The molecule has 0 aliphatic carbocycles. The summed E-state index contributed by atoms with van der Waals surface area (Å²) in [6, 6.07) is 8.45. The molecule has 0 aliphatic heterocycles. The number of hydrogen-bond acceptors (Lipinski definition) is 1. The van der Waals surface area contributed by atoms with Crippen LogP contribution in [0.4, 0.5) is 0 Å². The third-order valence-electron chi connectivity index (χ3n) is 2.72. The van der Waals surface area contributed by atoms with E-state index in [0.717, 1.165) is 0 Å². The van der Waals surface area contributed by atoms with E-state index in [9.17, 15) is 0 Å². The Morgan fingerprint density at radius 1 is 1.19 bits per heavy atom. The molecule has 0 spiro atoms. The number of aliphatic imine (C=N–C) groups is 1. The molecular formula is C15H19N. The van der Waals surface area contributed by atoms with E-state index in [0.29, 0.717) is 0 Å². The van der Waals surface area contributed by atoms with Gasteiger partial charge in [0, 0.05) is 13.3 Å². The van der Waals surface area contributed by atoms with E-state index in [4.69, 9.17) is 0 Å². The summed E-state index contributed by atoms with van der Waals surface area (Å²) in [6.45, 7) is 6.43. The van der Waals surface area contributed by atoms with Crippen LogP contribution < -0.4 is 0 Å². The molecule has 0 N–H and O–H groups in total. The first kappa shape index (κ1) is 12.4. The van der Waals surface area contributed by atoms with Gasteiger partial charge in [-0.1, -0.05) is 30.3 Å². The van der Waals surface area contributed by atoms with Gasteiger partial charge in [0.15, 0.2) is 0 Å². The number of rotatable bonds is 3. The number of allylic oxidation sites excluding steroid dienone is 4. The molecule has 0 heterocycles. The minimum absolute atomic E-state index is 1.27. The van der Waals surface area contributed by atoms with Crippen molar-refractivity contribution in [3.63, 3.8) is 0 Å². The van der Waals surface area contributed by atoms with Gasteiger partial charge in [-0.15, -0.1) is 0 Å². The highest BCUT2D eigenvalue weighted by molar-refractivity contribution is 5.75. The largest absolute Gasteiger partial charge is 0.297 e. The summed E-state index contributed by atoms with van der Waals surface area (Å²) >= 11 is 0. The zero-order valence-corrected chi connectivity index (χ0v) is 10.5. The molecule has 0 aliphatic rings. The van der Waals surface area contributed by atoms with Crippen molar-refractivity contribution in [2.24, 2.45) is 4.99 Å². The van der Waals surface area contributed by atoms with Crippen LogP contribution in [-0.2, 0) is 0 Å². The first-order valence-corrected chi connectivity index (χ1v) is 5.49. The summed E-state index contributed by atoms with van der Waals surface area (Å²) in [5.41, 5.74) is 5.23. The molecule has 1 aromatic rings. The van der Waals surface area contributed by atoms with E-state index in [2.05, 4.69) is 56.1 Å². The van der Waals surface area contributed by atoms with Crippen LogP contribution >= 0.6 is 0 Å². The van der Waals surface area contributed by atoms with E-state index in [1.165, 1.54) is 22.3 Å². The van der Waals surface area contributed by atoms with Gasteiger partial charge in [0.2, 0.25) is 0 Å². The fraction of sp³-hybridized carbons (Fsp3) is 0.267. The predicted molar refractivity (Wildman–Crippen MR) is 73.0 cm³/mol. The fourth-order valence-corrected chi connectivity index (χ4v) is 1.60. The van der Waals surface area contributed by atoms with Gasteiger partial charge in [-0.25, -0.2) is 0 Å². The first-order chi connectivity index (χ1) is 7.66. The number of hydrogen-bond donors (Lipinski definition) is 0. The second-order valence-corrected chi connectivity index (χ2v) is 3.89. The van der Waals surface area contributed by atoms with Crippen LogP contribution in [0.2, 0.25) is 0 Å². The first-order valence-electron chi connectivity index (χ1n) is 5.49. The minimum atomic E-state index is 1.27. The molecule has 0 saturated heterocycles. The molecule has 1 rings (SSSR count). The Hall–Kier alpha value is -1.63. The highest BCUT2D eigenvalue weighted by Gasteiger charge is 2.00. The van der Waals surface area contributed by atoms with Crippen LogP contribution in [0.3, 0.4) is 0 Å². The highest BCUT2D eigenvalue weighted by atomic mass is 14.6. The maximum absolute atomic E-state index is 3.92. The summed E-state index contributed by atoms with van der Waals surface area (Å²) in [7, 11) is 1.78. The van der Waals surface area contributed by atoms with Gasteiger partial charge in [-0.3, -0.25) is 4.99 Å². The van der Waals surface area contributed by atoms with Crippen LogP contribution in [0.25, 0.3) is 5.57 Å². The van der Waals surface area contributed by atoms with Gasteiger partial charge in [0.25, 0.3) is 0 Å². The van der Waals surface area contributed by atoms with Crippen molar-refractivity contribution in [2.75, 3.05) is 7.05 Å². The lowest BCUT2D eigenvalue weighted by atomic mass is 9.98. The SMILES string of the molecule is C/N=C/C=C\C(C)=C(/C)c1ccccc1C. The van der Waals surface area contributed by atoms with E-state index in [1.54, 1.807) is 13.3 Å². The molecule has 0 amide bonds. The topological polar surface area (TPSA) is 12.4 Å². The molecule has 0 aromatic heterocycles. The molecule has 0 radical (unpaired) electrons. The Morgan fingerprint density at radius 2 is 1.88 bits per heavy atom. The van der Waals surface area contributed by atoms with Gasteiger partial charge in [0.1, 0.15) is 0 Å². The van der Waals surface area contributed by atoms with Gasteiger partial charge in [-0.2, -0.15) is 0 Å². The molecule has 1 aromatic carbocycles. The van der Waals surface area contributed by atoms with Crippen molar-refractivity contribution < 1.29 is 0 Å². The van der Waals surface area contributed by atoms with E-state index in [-0.39, 0.29) is 0 Å². The van der Waals surface area contributed by atoms with Crippen LogP contribution in [0.1, 0.15) is 25.0 Å². The average molecular weight is 213 g/mol. The van der Waals surface area contributed by atoms with Crippen LogP contribution in [0.5, 0.6) is 0 Å². The van der Waals surface area contributed by atoms with Crippen molar-refractivity contribution in [3.05, 3.63) is 53.1 Å². The molecule has 0 fully saturated rings. The standard InChI is InChI=1S/C15H19N/c1-12(9-7-11-16-4)14(3)15-10-6-5-8-13(15)2/h5-11H,1-4H3/b9-7-,14-12+,16-11+. The molecule has 0 bridgehead atoms. The molecular weight excluding hydrogens is 194 g/mol. The predicted octanol–water partition coefficient (Wildman–Crippen LogP) is 4.05. The Bertz CT molecular complexity index is 437. The lowest BCUT2D eigenvalue weighted by molar-refractivity contribution is 1.38. The molecule has 84 valence electrons. The van der Waals surface area contributed by atoms with E-state index in [1.807, 2.05) is 6.08 Å². The minimum Gasteiger partial charge on any atom is -0.297 e. The third-order valence-corrected chi connectivity index (χ3v) is 2.72. The molecule has 0 unspecified atom stereocenters. The summed E-state index contributed by atoms with van der Waals surface area (Å²) in [5, 5.41) is 0. The van der Waals surface area contributed by atoms with Gasteiger partial charge in [0.05, 0.1) is 0 Å². The highest BCUT2D eigenvalue weighted by Crippen LogP contribution is 2.21. The van der Waals surface area contributed by atoms with Crippen LogP contribution in [-0.4, -0.2) is 13.3 Å². The zero-order valence-electron chi connectivity index (χ0n) is 10.5. The zero-order chi connectivity index (χ0) is 12.0. The van der Waals surface area contributed by atoms with E-state index < -0.39 is 0 Å². The number of aryl methyl sites for hydroxylation is 1. The third kappa shape index (κ3) is 3.20. The molecule has 16 heavy (non-hydrogen) atoms. The Morgan fingerprint density at radius 3 is 2.50 bits per heavy atom. The van der Waals surface area contributed by atoms with Crippen molar-refractivity contribution in [1.82, 2.24) is 0 Å². The van der Waals surface area contributed by atoms with Crippen LogP contribution in [0, 0.1) is 6.92 Å². The summed E-state index contributed by atoms with van der Waals surface area (Å²) in [4.78, 5) is 3.92. The van der Waals surface area contributed by atoms with E-state index >= 15 is 0 Å². The molecule has 1 heteroatoms. The Kier molecular flexibility index (Phi) is 4.71. The van der Waals surface area contributed by atoms with Crippen molar-refractivity contribution in [3.8, 4) is 0 Å². The maximum atomic E-state index is 3.92. The van der Waals surface area contributed by atoms with Gasteiger partial charge in [-0.05, 0) is 49.1 Å². The molecule has 0 atom stereocenters. The fourth-order valence-electron chi connectivity index (χ4n) is 1.60. The number of nitrogens with zero attached hydrogens (tertiary/aromatic N) is 1. The summed E-state index contributed by atoms with van der Waals surface area (Å²) in [5.74, 6) is 0. The van der Waals surface area contributed by atoms with Gasteiger partial charge < -0.3 is 0 Å². The normalized spacial score (nSPS) is 13.5. The van der Waals surface area contributed by atoms with Crippen molar-refractivity contribution >= 4 is 11.8 Å². The Labute approximate surface area is 98.2 Å². The molecule has 0 saturated carbocycles. The average Bonchev–Trinajstić information content (AvgIpc) is 2.29. The van der Waals surface area contributed by atoms with Gasteiger partial charge >= 0.3 is 0 Å². The molecule has 1 nitrogen and oxygen atoms in total. The lowest BCUT2D eigenvalue weighted by Crippen LogP contribution is -1.87. The quantitative estimate of drug-likeness (QED) is 0.530. The second kappa shape index (κ2) is 6.06. The van der Waals surface area contributed by atoms with Crippen molar-refractivity contribution in [1.29, 1.82) is 0 Å². The number of benzene rings is 1. The Balaban J connectivity index is 3.04. The maximum Gasteiger partial charge on any atom is 0.0277 e. The second-order valence-electron chi connectivity index (χ2n) is 3.89. The smallest absolute Gasteiger partial charge is 0.0277 e. The van der Waals surface area contributed by atoms with Crippen LogP contribution in [0.15, 0.2) is 47.0 Å².